The number of para-hydroxylation sites is 1. The summed E-state index contributed by atoms with van der Waals surface area (Å²) in [6.45, 7) is 5.78. The Morgan fingerprint density at radius 3 is 2.75 bits per heavy atom. The van der Waals surface area contributed by atoms with Crippen LogP contribution in [0.2, 0.25) is 0 Å². The first-order chi connectivity index (χ1) is 11.1. The minimum Gasteiger partial charge on any atom is -0.384 e. The van der Waals surface area contributed by atoms with Crippen molar-refractivity contribution in [2.45, 2.75) is 45.2 Å². The molecule has 136 valence electrons. The van der Waals surface area contributed by atoms with Crippen LogP contribution in [0.4, 0.5) is 5.69 Å². The summed E-state index contributed by atoms with van der Waals surface area (Å²) in [5, 5.41) is 3.49. The van der Waals surface area contributed by atoms with Crippen molar-refractivity contribution in [3.63, 3.8) is 0 Å². The molecule has 24 heavy (non-hydrogen) atoms. The van der Waals surface area contributed by atoms with Gasteiger partial charge in [-0.3, -0.25) is 4.90 Å². The van der Waals surface area contributed by atoms with Crippen molar-refractivity contribution in [2.75, 3.05) is 30.7 Å². The molecule has 0 amide bonds. The number of rotatable bonds is 6. The molecule has 0 spiro atoms. The normalized spacial score (nSPS) is 18.7. The quantitative estimate of drug-likeness (QED) is 0.803. The number of nitrogens with one attached hydrogen (secondary N) is 2. The Bertz CT molecular complexity index is 643. The lowest BCUT2D eigenvalue weighted by Gasteiger charge is -2.32. The maximum atomic E-state index is 11.9. The first-order valence-electron chi connectivity index (χ1n) is 8.64. The summed E-state index contributed by atoms with van der Waals surface area (Å²) >= 11 is 0. The third-order valence-electron chi connectivity index (χ3n) is 4.73. The standard InChI is InChI=1S/C17H27N3O2S.ClH/c1-2-12-23(21,22)19-16-7-10-20(11-8-16)13-15-5-3-4-14-6-9-18-17(14)15;/h3-5,16,18-19H,2,6-13H2,1H3;1H. The second-order valence-corrected chi connectivity index (χ2v) is 8.49. The van der Waals surface area contributed by atoms with E-state index in [2.05, 4.69) is 33.1 Å². The summed E-state index contributed by atoms with van der Waals surface area (Å²) in [6.07, 6.45) is 3.57. The largest absolute Gasteiger partial charge is 0.384 e. The highest BCUT2D eigenvalue weighted by atomic mass is 35.5. The van der Waals surface area contributed by atoms with Crippen LogP contribution in [-0.4, -0.2) is 44.7 Å². The van der Waals surface area contributed by atoms with Crippen LogP contribution in [0, 0.1) is 0 Å². The Morgan fingerprint density at radius 2 is 2.04 bits per heavy atom. The van der Waals surface area contributed by atoms with Crippen molar-refractivity contribution >= 4 is 28.1 Å². The molecule has 2 heterocycles. The van der Waals surface area contributed by atoms with Gasteiger partial charge in [-0.1, -0.05) is 25.1 Å². The summed E-state index contributed by atoms with van der Waals surface area (Å²) < 4.78 is 26.6. The lowest BCUT2D eigenvalue weighted by Crippen LogP contribution is -2.44. The highest BCUT2D eigenvalue weighted by molar-refractivity contribution is 7.89. The average molecular weight is 374 g/mol. The molecule has 5 nitrogen and oxygen atoms in total. The first kappa shape index (κ1) is 19.5. The smallest absolute Gasteiger partial charge is 0.211 e. The van der Waals surface area contributed by atoms with Crippen molar-refractivity contribution in [3.8, 4) is 0 Å². The highest BCUT2D eigenvalue weighted by Crippen LogP contribution is 2.28. The number of benzene rings is 1. The zero-order valence-electron chi connectivity index (χ0n) is 14.3. The molecule has 0 atom stereocenters. The Kier molecular flexibility index (Phi) is 6.92. The van der Waals surface area contributed by atoms with Gasteiger partial charge in [0.25, 0.3) is 0 Å². The third kappa shape index (κ3) is 4.85. The van der Waals surface area contributed by atoms with Crippen LogP contribution in [0.15, 0.2) is 18.2 Å². The van der Waals surface area contributed by atoms with Gasteiger partial charge in [-0.2, -0.15) is 0 Å². The van der Waals surface area contributed by atoms with Crippen molar-refractivity contribution in [2.24, 2.45) is 0 Å². The van der Waals surface area contributed by atoms with Gasteiger partial charge in [0.05, 0.1) is 5.75 Å². The number of hydrogen-bond donors (Lipinski definition) is 2. The van der Waals surface area contributed by atoms with Crippen molar-refractivity contribution in [1.82, 2.24) is 9.62 Å². The van der Waals surface area contributed by atoms with Gasteiger partial charge in [-0.15, -0.1) is 12.4 Å². The van der Waals surface area contributed by atoms with Crippen molar-refractivity contribution < 1.29 is 8.42 Å². The van der Waals surface area contributed by atoms with Gasteiger partial charge >= 0.3 is 0 Å². The van der Waals surface area contributed by atoms with Gasteiger partial charge in [0.1, 0.15) is 0 Å². The van der Waals surface area contributed by atoms with E-state index < -0.39 is 10.0 Å². The topological polar surface area (TPSA) is 61.4 Å². The summed E-state index contributed by atoms with van der Waals surface area (Å²) in [5.74, 6) is 0.231. The minimum absolute atomic E-state index is 0. The fourth-order valence-corrected chi connectivity index (χ4v) is 4.97. The average Bonchev–Trinajstić information content (AvgIpc) is 2.98. The molecule has 0 aliphatic carbocycles. The Labute approximate surface area is 151 Å². The van der Waals surface area contributed by atoms with E-state index in [4.69, 9.17) is 0 Å². The molecule has 0 radical (unpaired) electrons. The second kappa shape index (κ2) is 8.52. The van der Waals surface area contributed by atoms with E-state index in [1.165, 1.54) is 16.8 Å². The van der Waals surface area contributed by atoms with Crippen LogP contribution in [-0.2, 0) is 23.0 Å². The number of hydrogen-bond acceptors (Lipinski definition) is 4. The van der Waals surface area contributed by atoms with Crippen LogP contribution in [0.5, 0.6) is 0 Å². The van der Waals surface area contributed by atoms with Crippen LogP contribution < -0.4 is 10.0 Å². The van der Waals surface area contributed by atoms with Crippen LogP contribution in [0.3, 0.4) is 0 Å². The van der Waals surface area contributed by atoms with E-state index in [-0.39, 0.29) is 24.2 Å². The fraction of sp³-hybridized carbons (Fsp3) is 0.647. The second-order valence-electron chi connectivity index (χ2n) is 6.62. The fourth-order valence-electron chi connectivity index (χ4n) is 3.57. The molecule has 1 saturated heterocycles. The number of halogens is 1. The maximum Gasteiger partial charge on any atom is 0.211 e. The molecule has 0 unspecified atom stereocenters. The van der Waals surface area contributed by atoms with E-state index in [1.807, 2.05) is 6.92 Å². The predicted molar refractivity (Wildman–Crippen MR) is 101 cm³/mol. The molecule has 2 aliphatic rings. The molecule has 7 heteroatoms. The number of likely N-dealkylation sites (tertiary alicyclic amines) is 1. The van der Waals surface area contributed by atoms with Gasteiger partial charge in [0.2, 0.25) is 10.0 Å². The van der Waals surface area contributed by atoms with Gasteiger partial charge in [-0.05, 0) is 36.8 Å². The number of anilines is 1. The molecule has 1 aromatic carbocycles. The number of fused-ring (bicyclic) bond motifs is 1. The Hall–Kier alpha value is -0.820. The summed E-state index contributed by atoms with van der Waals surface area (Å²) in [4.78, 5) is 2.43. The maximum absolute atomic E-state index is 11.9. The summed E-state index contributed by atoms with van der Waals surface area (Å²) in [6, 6.07) is 6.65. The lowest BCUT2D eigenvalue weighted by molar-refractivity contribution is 0.200. The van der Waals surface area contributed by atoms with Crippen molar-refractivity contribution in [1.29, 1.82) is 0 Å². The SMILES string of the molecule is CCCS(=O)(=O)NC1CCN(Cc2cccc3c2NCC3)CC1.Cl. The molecule has 0 saturated carbocycles. The number of nitrogens with zero attached hydrogens (tertiary/aromatic N) is 1. The molecule has 2 N–H and O–H groups in total. The third-order valence-corrected chi connectivity index (χ3v) is 6.37. The predicted octanol–water partition coefficient (Wildman–Crippen LogP) is 2.37. The molecule has 0 bridgehead atoms. The zero-order chi connectivity index (χ0) is 16.3. The van der Waals surface area contributed by atoms with Gasteiger partial charge in [-0.25, -0.2) is 13.1 Å². The molecule has 3 rings (SSSR count). The van der Waals surface area contributed by atoms with E-state index in [1.54, 1.807) is 0 Å². The molecule has 1 aromatic rings. The molecule has 2 aliphatic heterocycles. The van der Waals surface area contributed by atoms with Crippen molar-refractivity contribution in [3.05, 3.63) is 29.3 Å². The monoisotopic (exact) mass is 373 g/mol. The summed E-state index contributed by atoms with van der Waals surface area (Å²) in [7, 11) is -3.09. The lowest BCUT2D eigenvalue weighted by atomic mass is 10.0. The Balaban J connectivity index is 0.00000208. The molecular formula is C17H28ClN3O2S. The van der Waals surface area contributed by atoms with Crippen LogP contribution >= 0.6 is 12.4 Å². The molecule has 0 aromatic heterocycles. The highest BCUT2D eigenvalue weighted by Gasteiger charge is 2.24. The molecule has 1 fully saturated rings. The number of sulfonamides is 1. The minimum atomic E-state index is -3.09. The van der Waals surface area contributed by atoms with Gasteiger partial charge in [0, 0.05) is 37.9 Å². The van der Waals surface area contributed by atoms with Crippen LogP contribution in [0.25, 0.3) is 0 Å². The van der Waals surface area contributed by atoms with Crippen LogP contribution in [0.1, 0.15) is 37.3 Å². The van der Waals surface area contributed by atoms with E-state index in [9.17, 15) is 8.42 Å². The number of piperidine rings is 1. The van der Waals surface area contributed by atoms with E-state index in [0.29, 0.717) is 6.42 Å². The van der Waals surface area contributed by atoms with E-state index in [0.717, 1.165) is 45.4 Å². The Morgan fingerprint density at radius 1 is 1.29 bits per heavy atom. The van der Waals surface area contributed by atoms with Gasteiger partial charge < -0.3 is 5.32 Å². The molecular weight excluding hydrogens is 346 g/mol. The summed E-state index contributed by atoms with van der Waals surface area (Å²) in [5.41, 5.74) is 4.10. The van der Waals surface area contributed by atoms with Gasteiger partial charge in [0.15, 0.2) is 0 Å². The van der Waals surface area contributed by atoms with E-state index >= 15 is 0 Å². The first-order valence-corrected chi connectivity index (χ1v) is 10.3. The zero-order valence-corrected chi connectivity index (χ0v) is 15.9.